The second kappa shape index (κ2) is 30.8. The van der Waals surface area contributed by atoms with Crippen LogP contribution in [0.2, 0.25) is 0 Å². The van der Waals surface area contributed by atoms with E-state index in [9.17, 15) is 0 Å². The van der Waals surface area contributed by atoms with Crippen LogP contribution in [0.3, 0.4) is 0 Å². The van der Waals surface area contributed by atoms with Gasteiger partial charge in [-0.3, -0.25) is 0 Å². The minimum absolute atomic E-state index is 0.641. The summed E-state index contributed by atoms with van der Waals surface area (Å²) in [6.45, 7) is 9.47. The zero-order valence-corrected chi connectivity index (χ0v) is 29.0. The van der Waals surface area contributed by atoms with Crippen LogP contribution >= 0.6 is 0 Å². The molecule has 0 amide bonds. The lowest BCUT2D eigenvalue weighted by Crippen LogP contribution is -2.39. The average molecular weight is 575 g/mol. The van der Waals surface area contributed by atoms with Crippen LogP contribution in [0.5, 0.6) is 0 Å². The van der Waals surface area contributed by atoms with Crippen LogP contribution in [0, 0.1) is 0 Å². The quantitative estimate of drug-likeness (QED) is 0.0719. The van der Waals surface area contributed by atoms with Crippen molar-refractivity contribution in [2.75, 3.05) is 13.1 Å². The molecule has 0 aromatic heterocycles. The molecule has 0 spiro atoms. The number of hydrogen-bond acceptors (Lipinski definition) is 2. The standard InChI is InChI=1S/C39H78N2/c1-4-7-10-13-15-17-18-19-20-21-22-23-24-26-28-30-33-36-41-38-37-40(35-32-12-9-6-3)39(41)34-31-29-27-25-16-14-11-8-5-2/h37-39H,4-36H2,1-3H3. The molecule has 1 unspecified atom stereocenters. The molecule has 2 nitrogen and oxygen atoms in total. The Hall–Kier alpha value is -0.660. The van der Waals surface area contributed by atoms with Crippen LogP contribution in [0.15, 0.2) is 12.4 Å². The van der Waals surface area contributed by atoms with Crippen molar-refractivity contribution in [2.45, 2.75) is 226 Å². The van der Waals surface area contributed by atoms with Crippen molar-refractivity contribution in [1.82, 2.24) is 9.80 Å². The molecule has 1 aliphatic rings. The van der Waals surface area contributed by atoms with Gasteiger partial charge in [-0.1, -0.05) is 194 Å². The van der Waals surface area contributed by atoms with Gasteiger partial charge in [-0.25, -0.2) is 0 Å². The van der Waals surface area contributed by atoms with E-state index in [1.165, 1.54) is 212 Å². The molecular formula is C39H78N2. The molecule has 0 aromatic rings. The largest absolute Gasteiger partial charge is 0.356 e. The molecule has 0 saturated carbocycles. The van der Waals surface area contributed by atoms with Gasteiger partial charge in [0.05, 0.1) is 0 Å². The van der Waals surface area contributed by atoms with E-state index < -0.39 is 0 Å². The van der Waals surface area contributed by atoms with Crippen LogP contribution in [-0.2, 0) is 0 Å². The van der Waals surface area contributed by atoms with Crippen molar-refractivity contribution in [3.63, 3.8) is 0 Å². The van der Waals surface area contributed by atoms with E-state index in [4.69, 9.17) is 0 Å². The summed E-state index contributed by atoms with van der Waals surface area (Å²) >= 11 is 0. The van der Waals surface area contributed by atoms with Gasteiger partial charge in [0.25, 0.3) is 0 Å². The highest BCUT2D eigenvalue weighted by molar-refractivity contribution is 4.97. The lowest BCUT2D eigenvalue weighted by Gasteiger charge is -2.33. The van der Waals surface area contributed by atoms with Gasteiger partial charge in [0.15, 0.2) is 0 Å². The first-order valence-electron chi connectivity index (χ1n) is 19.5. The molecule has 1 heterocycles. The molecule has 1 rings (SSSR count). The van der Waals surface area contributed by atoms with Crippen molar-refractivity contribution in [1.29, 1.82) is 0 Å². The number of hydrogen-bond donors (Lipinski definition) is 0. The molecule has 2 heteroatoms. The molecule has 244 valence electrons. The number of rotatable bonds is 33. The number of nitrogens with zero attached hydrogens (tertiary/aromatic N) is 2. The van der Waals surface area contributed by atoms with Gasteiger partial charge >= 0.3 is 0 Å². The van der Waals surface area contributed by atoms with E-state index in [2.05, 4.69) is 43.0 Å². The summed E-state index contributed by atoms with van der Waals surface area (Å²) in [5, 5.41) is 0. The molecule has 1 aliphatic heterocycles. The average Bonchev–Trinajstić information content (AvgIpc) is 3.37. The Morgan fingerprint density at radius 1 is 0.317 bits per heavy atom. The SMILES string of the molecule is CCCCCCCCCCCCCCCCCCCN1C=CN(CCCCCC)C1CCCCCCCCCCC. The van der Waals surface area contributed by atoms with Crippen LogP contribution in [0.25, 0.3) is 0 Å². The number of unbranched alkanes of at least 4 members (excludes halogenated alkanes) is 27. The van der Waals surface area contributed by atoms with Crippen LogP contribution in [-0.4, -0.2) is 29.1 Å². The van der Waals surface area contributed by atoms with Gasteiger partial charge in [0, 0.05) is 25.5 Å². The smallest absolute Gasteiger partial charge is 0.101 e. The summed E-state index contributed by atoms with van der Waals surface area (Å²) < 4.78 is 0. The molecule has 0 aromatic carbocycles. The Morgan fingerprint density at radius 3 is 0.878 bits per heavy atom. The van der Waals surface area contributed by atoms with E-state index >= 15 is 0 Å². The van der Waals surface area contributed by atoms with E-state index in [1.54, 1.807) is 0 Å². The summed E-state index contributed by atoms with van der Waals surface area (Å²) in [6, 6.07) is 0. The predicted molar refractivity (Wildman–Crippen MR) is 186 cm³/mol. The molecule has 0 aliphatic carbocycles. The van der Waals surface area contributed by atoms with Crippen molar-refractivity contribution in [3.05, 3.63) is 12.4 Å². The Labute approximate surface area is 260 Å². The second-order valence-electron chi connectivity index (χ2n) is 13.6. The van der Waals surface area contributed by atoms with E-state index in [-0.39, 0.29) is 0 Å². The monoisotopic (exact) mass is 575 g/mol. The van der Waals surface area contributed by atoms with Gasteiger partial charge < -0.3 is 9.80 Å². The summed E-state index contributed by atoms with van der Waals surface area (Å²) in [7, 11) is 0. The van der Waals surface area contributed by atoms with Gasteiger partial charge in [-0.2, -0.15) is 0 Å². The Morgan fingerprint density at radius 2 is 0.561 bits per heavy atom. The minimum atomic E-state index is 0.641. The van der Waals surface area contributed by atoms with E-state index in [0.29, 0.717) is 6.17 Å². The topological polar surface area (TPSA) is 6.48 Å². The van der Waals surface area contributed by atoms with E-state index in [0.717, 1.165) is 0 Å². The fourth-order valence-electron chi connectivity index (χ4n) is 6.72. The normalized spacial score (nSPS) is 15.0. The van der Waals surface area contributed by atoms with Crippen LogP contribution in [0.4, 0.5) is 0 Å². The van der Waals surface area contributed by atoms with Crippen molar-refractivity contribution >= 4 is 0 Å². The predicted octanol–water partition coefficient (Wildman–Crippen LogP) is 13.6. The molecule has 41 heavy (non-hydrogen) atoms. The van der Waals surface area contributed by atoms with Gasteiger partial charge in [-0.15, -0.1) is 0 Å². The third-order valence-electron chi connectivity index (χ3n) is 9.57. The summed E-state index contributed by atoms with van der Waals surface area (Å²) in [5.41, 5.74) is 0. The van der Waals surface area contributed by atoms with Crippen molar-refractivity contribution in [3.8, 4) is 0 Å². The molecule has 0 N–H and O–H groups in total. The first-order valence-corrected chi connectivity index (χ1v) is 19.5. The highest BCUT2D eigenvalue weighted by Gasteiger charge is 2.24. The molecule has 0 fully saturated rings. The fourth-order valence-corrected chi connectivity index (χ4v) is 6.72. The minimum Gasteiger partial charge on any atom is -0.356 e. The highest BCUT2D eigenvalue weighted by Crippen LogP contribution is 2.24. The van der Waals surface area contributed by atoms with Crippen LogP contribution < -0.4 is 0 Å². The maximum absolute atomic E-state index is 2.70. The van der Waals surface area contributed by atoms with E-state index in [1.807, 2.05) is 0 Å². The lowest BCUT2D eigenvalue weighted by molar-refractivity contribution is 0.135. The Bertz CT molecular complexity index is 530. The fraction of sp³-hybridized carbons (Fsp3) is 0.949. The molecule has 0 bridgehead atoms. The van der Waals surface area contributed by atoms with Crippen molar-refractivity contribution < 1.29 is 0 Å². The first kappa shape index (κ1) is 38.4. The zero-order chi connectivity index (χ0) is 29.5. The maximum atomic E-state index is 2.70. The molecule has 0 saturated heterocycles. The van der Waals surface area contributed by atoms with Crippen LogP contribution in [0.1, 0.15) is 220 Å². The summed E-state index contributed by atoms with van der Waals surface area (Å²) in [6.07, 6.45) is 50.0. The third-order valence-corrected chi connectivity index (χ3v) is 9.57. The maximum Gasteiger partial charge on any atom is 0.101 e. The molecule has 1 atom stereocenters. The second-order valence-corrected chi connectivity index (χ2v) is 13.6. The molecule has 0 radical (unpaired) electrons. The zero-order valence-electron chi connectivity index (χ0n) is 29.0. The first-order chi connectivity index (χ1) is 20.3. The highest BCUT2D eigenvalue weighted by atomic mass is 15.4. The molecular weight excluding hydrogens is 496 g/mol. The third kappa shape index (κ3) is 23.5. The van der Waals surface area contributed by atoms with Gasteiger partial charge in [-0.05, 0) is 25.7 Å². The van der Waals surface area contributed by atoms with Crippen molar-refractivity contribution in [2.24, 2.45) is 0 Å². The van der Waals surface area contributed by atoms with Gasteiger partial charge in [0.2, 0.25) is 0 Å². The summed E-state index contributed by atoms with van der Waals surface area (Å²) in [5.74, 6) is 0. The Balaban J connectivity index is 2.07. The lowest BCUT2D eigenvalue weighted by atomic mass is 10.0. The van der Waals surface area contributed by atoms with Gasteiger partial charge in [0.1, 0.15) is 6.17 Å². The Kier molecular flexibility index (Phi) is 28.8. The summed E-state index contributed by atoms with van der Waals surface area (Å²) in [4.78, 5) is 5.39.